The van der Waals surface area contributed by atoms with Crippen molar-refractivity contribution in [3.63, 3.8) is 0 Å². The van der Waals surface area contributed by atoms with Gasteiger partial charge >= 0.3 is 0 Å². The Balaban J connectivity index is 2.16. The summed E-state index contributed by atoms with van der Waals surface area (Å²) in [6.45, 7) is 0.832. The molecule has 2 aromatic rings. The molecule has 94 valence electrons. The average molecular weight is 282 g/mol. The topological polar surface area (TPSA) is 21.3 Å². The van der Waals surface area contributed by atoms with Crippen LogP contribution < -0.4 is 10.1 Å². The van der Waals surface area contributed by atoms with E-state index in [2.05, 4.69) is 5.32 Å². The van der Waals surface area contributed by atoms with Crippen molar-refractivity contribution in [1.29, 1.82) is 0 Å². The Morgan fingerprint density at radius 3 is 2.44 bits per heavy atom. The minimum absolute atomic E-state index is 0.429. The zero-order valence-electron chi connectivity index (χ0n) is 9.91. The molecule has 1 N–H and O–H groups in total. The van der Waals surface area contributed by atoms with Crippen molar-refractivity contribution in [2.75, 3.05) is 7.05 Å². The van der Waals surface area contributed by atoms with Crippen molar-refractivity contribution in [1.82, 2.24) is 5.32 Å². The lowest BCUT2D eigenvalue weighted by atomic mass is 10.2. The molecule has 4 heteroatoms. The van der Waals surface area contributed by atoms with Crippen molar-refractivity contribution in [2.45, 2.75) is 6.54 Å². The number of rotatable bonds is 4. The van der Waals surface area contributed by atoms with Crippen molar-refractivity contribution in [2.24, 2.45) is 0 Å². The molecular weight excluding hydrogens is 269 g/mol. The molecule has 0 aromatic heterocycles. The fourth-order valence-corrected chi connectivity index (χ4v) is 1.90. The maximum absolute atomic E-state index is 6.06. The van der Waals surface area contributed by atoms with Crippen LogP contribution in [0.15, 0.2) is 42.5 Å². The van der Waals surface area contributed by atoms with Crippen LogP contribution in [0.3, 0.4) is 0 Å². The molecular formula is C14H13Cl2NO. The molecule has 0 atom stereocenters. The van der Waals surface area contributed by atoms with Crippen molar-refractivity contribution < 1.29 is 4.74 Å². The average Bonchev–Trinajstić information content (AvgIpc) is 2.38. The summed E-state index contributed by atoms with van der Waals surface area (Å²) < 4.78 is 5.69. The first-order chi connectivity index (χ1) is 8.70. The summed E-state index contributed by atoms with van der Waals surface area (Å²) >= 11 is 12.0. The van der Waals surface area contributed by atoms with Crippen molar-refractivity contribution in [3.05, 3.63) is 58.1 Å². The van der Waals surface area contributed by atoms with Gasteiger partial charge in [0, 0.05) is 6.54 Å². The minimum Gasteiger partial charge on any atom is -0.456 e. The Morgan fingerprint density at radius 2 is 1.78 bits per heavy atom. The molecule has 0 spiro atoms. The van der Waals surface area contributed by atoms with Crippen LogP contribution in [0.5, 0.6) is 11.5 Å². The summed E-state index contributed by atoms with van der Waals surface area (Å²) in [4.78, 5) is 0. The number of hydrogen-bond acceptors (Lipinski definition) is 2. The van der Waals surface area contributed by atoms with Crippen LogP contribution in [-0.2, 0) is 6.54 Å². The largest absolute Gasteiger partial charge is 0.456 e. The van der Waals surface area contributed by atoms with E-state index in [-0.39, 0.29) is 0 Å². The zero-order valence-corrected chi connectivity index (χ0v) is 11.4. The Morgan fingerprint density at radius 1 is 1.06 bits per heavy atom. The SMILES string of the molecule is CNCc1ccc(Oc2cccc(Cl)c2Cl)cc1. The maximum Gasteiger partial charge on any atom is 0.147 e. The van der Waals surface area contributed by atoms with Gasteiger partial charge in [0.1, 0.15) is 16.5 Å². The maximum atomic E-state index is 6.06. The molecule has 0 bridgehead atoms. The van der Waals surface area contributed by atoms with Gasteiger partial charge in [-0.05, 0) is 36.9 Å². The minimum atomic E-state index is 0.429. The summed E-state index contributed by atoms with van der Waals surface area (Å²) in [6.07, 6.45) is 0. The molecule has 0 aliphatic carbocycles. The second-order valence-electron chi connectivity index (χ2n) is 3.83. The summed E-state index contributed by atoms with van der Waals surface area (Å²) in [5, 5.41) is 4.01. The number of halogens is 2. The van der Waals surface area contributed by atoms with Gasteiger partial charge in [0.05, 0.1) is 5.02 Å². The lowest BCUT2D eigenvalue weighted by molar-refractivity contribution is 0.482. The van der Waals surface area contributed by atoms with E-state index in [1.54, 1.807) is 18.2 Å². The Bertz CT molecular complexity index is 526. The highest BCUT2D eigenvalue weighted by Gasteiger charge is 2.06. The smallest absolute Gasteiger partial charge is 0.147 e. The highest BCUT2D eigenvalue weighted by Crippen LogP contribution is 2.34. The fraction of sp³-hybridized carbons (Fsp3) is 0.143. The van der Waals surface area contributed by atoms with Crippen LogP contribution in [0, 0.1) is 0 Å². The third-order valence-electron chi connectivity index (χ3n) is 2.45. The molecule has 0 heterocycles. The predicted molar refractivity (Wildman–Crippen MR) is 75.7 cm³/mol. The van der Waals surface area contributed by atoms with Crippen LogP contribution in [0.2, 0.25) is 10.0 Å². The first kappa shape index (κ1) is 13.2. The lowest BCUT2D eigenvalue weighted by Crippen LogP contribution is -2.04. The molecule has 18 heavy (non-hydrogen) atoms. The summed E-state index contributed by atoms with van der Waals surface area (Å²) in [5.74, 6) is 1.30. The Labute approximate surface area is 116 Å². The van der Waals surface area contributed by atoms with E-state index in [1.807, 2.05) is 31.3 Å². The number of ether oxygens (including phenoxy) is 1. The van der Waals surface area contributed by atoms with Gasteiger partial charge in [0.25, 0.3) is 0 Å². The van der Waals surface area contributed by atoms with Crippen LogP contribution in [0.1, 0.15) is 5.56 Å². The van der Waals surface area contributed by atoms with Gasteiger partial charge in [-0.2, -0.15) is 0 Å². The molecule has 0 fully saturated rings. The third kappa shape index (κ3) is 3.16. The van der Waals surface area contributed by atoms with Crippen LogP contribution >= 0.6 is 23.2 Å². The Kier molecular flexibility index (Phi) is 4.48. The zero-order chi connectivity index (χ0) is 13.0. The van der Waals surface area contributed by atoms with Gasteiger partial charge in [-0.3, -0.25) is 0 Å². The van der Waals surface area contributed by atoms with E-state index in [4.69, 9.17) is 27.9 Å². The monoisotopic (exact) mass is 281 g/mol. The summed E-state index contributed by atoms with van der Waals surface area (Å²) in [7, 11) is 1.91. The molecule has 2 nitrogen and oxygen atoms in total. The van der Waals surface area contributed by atoms with E-state index < -0.39 is 0 Å². The predicted octanol–water partition coefficient (Wildman–Crippen LogP) is 4.51. The molecule has 2 rings (SSSR count). The number of nitrogens with one attached hydrogen (secondary N) is 1. The Hall–Kier alpha value is -1.22. The second kappa shape index (κ2) is 6.10. The lowest BCUT2D eigenvalue weighted by Gasteiger charge is -2.09. The molecule has 0 saturated heterocycles. The van der Waals surface area contributed by atoms with Gasteiger partial charge in [-0.25, -0.2) is 0 Å². The molecule has 0 amide bonds. The highest BCUT2D eigenvalue weighted by atomic mass is 35.5. The van der Waals surface area contributed by atoms with Gasteiger partial charge in [0.2, 0.25) is 0 Å². The molecule has 0 aliphatic rings. The molecule has 2 aromatic carbocycles. The second-order valence-corrected chi connectivity index (χ2v) is 4.61. The highest BCUT2D eigenvalue weighted by molar-refractivity contribution is 6.42. The molecule has 0 aliphatic heterocycles. The number of benzene rings is 2. The van der Waals surface area contributed by atoms with Gasteiger partial charge in [0.15, 0.2) is 0 Å². The van der Waals surface area contributed by atoms with E-state index >= 15 is 0 Å². The van der Waals surface area contributed by atoms with E-state index in [0.717, 1.165) is 12.3 Å². The van der Waals surface area contributed by atoms with Crippen molar-refractivity contribution in [3.8, 4) is 11.5 Å². The first-order valence-electron chi connectivity index (χ1n) is 5.56. The van der Waals surface area contributed by atoms with E-state index in [9.17, 15) is 0 Å². The molecule has 0 unspecified atom stereocenters. The quantitative estimate of drug-likeness (QED) is 0.891. The summed E-state index contributed by atoms with van der Waals surface area (Å²) in [6, 6.07) is 13.1. The number of hydrogen-bond donors (Lipinski definition) is 1. The molecule has 0 radical (unpaired) electrons. The van der Waals surface area contributed by atoms with Crippen molar-refractivity contribution >= 4 is 23.2 Å². The first-order valence-corrected chi connectivity index (χ1v) is 6.31. The van der Waals surface area contributed by atoms with Crippen LogP contribution in [-0.4, -0.2) is 7.05 Å². The normalized spacial score (nSPS) is 10.4. The van der Waals surface area contributed by atoms with E-state index in [0.29, 0.717) is 15.8 Å². The van der Waals surface area contributed by atoms with E-state index in [1.165, 1.54) is 5.56 Å². The van der Waals surface area contributed by atoms with Gasteiger partial charge < -0.3 is 10.1 Å². The van der Waals surface area contributed by atoms with Gasteiger partial charge in [-0.15, -0.1) is 0 Å². The molecule has 0 saturated carbocycles. The van der Waals surface area contributed by atoms with Crippen LogP contribution in [0.25, 0.3) is 0 Å². The fourth-order valence-electron chi connectivity index (χ4n) is 1.57. The van der Waals surface area contributed by atoms with Crippen LogP contribution in [0.4, 0.5) is 0 Å². The standard InChI is InChI=1S/C14H13Cl2NO/c1-17-9-10-5-7-11(8-6-10)18-13-4-2-3-12(15)14(13)16/h2-8,17H,9H2,1H3. The summed E-state index contributed by atoms with van der Waals surface area (Å²) in [5.41, 5.74) is 1.20. The van der Waals surface area contributed by atoms with Gasteiger partial charge in [-0.1, -0.05) is 41.4 Å². The third-order valence-corrected chi connectivity index (χ3v) is 3.25.